The molecule has 96 valence electrons. The minimum Gasteiger partial charge on any atom is -0.334 e. The molecule has 1 aliphatic carbocycles. The molecular weight excluding hydrogens is 210 g/mol. The molecule has 1 aliphatic rings. The molecule has 0 spiro atoms. The van der Waals surface area contributed by atoms with Gasteiger partial charge in [-0.05, 0) is 38.0 Å². The van der Waals surface area contributed by atoms with Crippen LogP contribution in [0.3, 0.4) is 0 Å². The summed E-state index contributed by atoms with van der Waals surface area (Å²) in [5.74, 6) is 2.11. The monoisotopic (exact) mass is 235 g/mol. The molecule has 0 saturated heterocycles. The summed E-state index contributed by atoms with van der Waals surface area (Å²) in [4.78, 5) is 4.43. The summed E-state index contributed by atoms with van der Waals surface area (Å²) in [6.45, 7) is 6.58. The molecule has 0 unspecified atom stereocenters. The largest absolute Gasteiger partial charge is 0.334 e. The predicted octanol–water partition coefficient (Wildman–Crippen LogP) is 2.96. The molecule has 2 rings (SSSR count). The standard InChI is InChI=1S/C14H25N3/c1-3-9-17-10-8-15-14(17)11-16-13-6-4-12(2)5-7-13/h8,10,12-13,16H,3-7,9,11H2,1-2H3. The van der Waals surface area contributed by atoms with Gasteiger partial charge in [0.1, 0.15) is 5.82 Å². The zero-order valence-electron chi connectivity index (χ0n) is 11.2. The second kappa shape index (κ2) is 6.20. The van der Waals surface area contributed by atoms with E-state index < -0.39 is 0 Å². The van der Waals surface area contributed by atoms with E-state index in [-0.39, 0.29) is 0 Å². The van der Waals surface area contributed by atoms with Crippen molar-refractivity contribution in [1.82, 2.24) is 14.9 Å². The van der Waals surface area contributed by atoms with Gasteiger partial charge in [0.2, 0.25) is 0 Å². The average Bonchev–Trinajstić information content (AvgIpc) is 2.77. The Balaban J connectivity index is 1.79. The minimum absolute atomic E-state index is 0.706. The van der Waals surface area contributed by atoms with E-state index in [1.165, 1.54) is 37.9 Å². The van der Waals surface area contributed by atoms with Crippen LogP contribution in [0.5, 0.6) is 0 Å². The fraction of sp³-hybridized carbons (Fsp3) is 0.786. The van der Waals surface area contributed by atoms with Crippen molar-refractivity contribution in [2.24, 2.45) is 5.92 Å². The first-order valence-corrected chi connectivity index (χ1v) is 7.03. The first kappa shape index (κ1) is 12.6. The molecule has 3 heteroatoms. The van der Waals surface area contributed by atoms with Crippen LogP contribution in [0.25, 0.3) is 0 Å². The third-order valence-corrected chi connectivity index (χ3v) is 3.83. The van der Waals surface area contributed by atoms with Crippen molar-refractivity contribution in [3.8, 4) is 0 Å². The lowest BCUT2D eigenvalue weighted by Gasteiger charge is -2.27. The number of hydrogen-bond donors (Lipinski definition) is 1. The Morgan fingerprint density at radius 2 is 2.12 bits per heavy atom. The second-order valence-corrected chi connectivity index (χ2v) is 5.37. The van der Waals surface area contributed by atoms with Gasteiger partial charge >= 0.3 is 0 Å². The zero-order chi connectivity index (χ0) is 12.1. The molecule has 0 amide bonds. The van der Waals surface area contributed by atoms with Crippen LogP contribution >= 0.6 is 0 Å². The summed E-state index contributed by atoms with van der Waals surface area (Å²) >= 11 is 0. The highest BCUT2D eigenvalue weighted by Gasteiger charge is 2.17. The van der Waals surface area contributed by atoms with Crippen LogP contribution in [-0.2, 0) is 13.1 Å². The molecular formula is C14H25N3. The number of aryl methyl sites for hydroxylation is 1. The molecule has 1 aromatic rings. The molecule has 1 aromatic heterocycles. The third-order valence-electron chi connectivity index (χ3n) is 3.83. The van der Waals surface area contributed by atoms with Gasteiger partial charge in [-0.3, -0.25) is 0 Å². The molecule has 1 saturated carbocycles. The lowest BCUT2D eigenvalue weighted by Crippen LogP contribution is -2.33. The van der Waals surface area contributed by atoms with Crippen LogP contribution in [0.2, 0.25) is 0 Å². The Morgan fingerprint density at radius 1 is 1.35 bits per heavy atom. The number of aromatic nitrogens is 2. The number of nitrogens with zero attached hydrogens (tertiary/aromatic N) is 2. The van der Waals surface area contributed by atoms with Gasteiger partial charge in [0, 0.05) is 25.0 Å². The summed E-state index contributed by atoms with van der Waals surface area (Å²) in [6.07, 6.45) is 10.6. The summed E-state index contributed by atoms with van der Waals surface area (Å²) in [5.41, 5.74) is 0. The summed E-state index contributed by atoms with van der Waals surface area (Å²) in [5, 5.41) is 3.66. The topological polar surface area (TPSA) is 29.9 Å². The molecule has 0 radical (unpaired) electrons. The van der Waals surface area contributed by atoms with Crippen molar-refractivity contribution >= 4 is 0 Å². The SMILES string of the molecule is CCCn1ccnc1CNC1CCC(C)CC1. The van der Waals surface area contributed by atoms with Crippen molar-refractivity contribution in [3.63, 3.8) is 0 Å². The maximum atomic E-state index is 4.43. The number of hydrogen-bond acceptors (Lipinski definition) is 2. The Morgan fingerprint density at radius 3 is 2.82 bits per heavy atom. The van der Waals surface area contributed by atoms with Crippen molar-refractivity contribution < 1.29 is 0 Å². The fourth-order valence-corrected chi connectivity index (χ4v) is 2.65. The summed E-state index contributed by atoms with van der Waals surface area (Å²) in [6, 6.07) is 0.706. The van der Waals surface area contributed by atoms with E-state index in [1.54, 1.807) is 0 Å². The van der Waals surface area contributed by atoms with Crippen LogP contribution < -0.4 is 5.32 Å². The van der Waals surface area contributed by atoms with E-state index in [1.807, 2.05) is 6.20 Å². The number of imidazole rings is 1. The Hall–Kier alpha value is -0.830. The second-order valence-electron chi connectivity index (χ2n) is 5.37. The Bertz CT molecular complexity index is 324. The Labute approximate surface area is 105 Å². The van der Waals surface area contributed by atoms with Crippen LogP contribution in [0, 0.1) is 5.92 Å². The first-order valence-electron chi connectivity index (χ1n) is 7.03. The highest BCUT2D eigenvalue weighted by molar-refractivity contribution is 4.92. The fourth-order valence-electron chi connectivity index (χ4n) is 2.65. The van der Waals surface area contributed by atoms with E-state index in [4.69, 9.17) is 0 Å². The maximum Gasteiger partial charge on any atom is 0.122 e. The third kappa shape index (κ3) is 3.56. The molecule has 17 heavy (non-hydrogen) atoms. The zero-order valence-corrected chi connectivity index (χ0v) is 11.2. The normalized spacial score (nSPS) is 25.1. The molecule has 1 heterocycles. The number of rotatable bonds is 5. The lowest BCUT2D eigenvalue weighted by molar-refractivity contribution is 0.304. The molecule has 3 nitrogen and oxygen atoms in total. The summed E-state index contributed by atoms with van der Waals surface area (Å²) in [7, 11) is 0. The van der Waals surface area contributed by atoms with Gasteiger partial charge in [-0.15, -0.1) is 0 Å². The van der Waals surface area contributed by atoms with E-state index >= 15 is 0 Å². The van der Waals surface area contributed by atoms with Gasteiger partial charge < -0.3 is 9.88 Å². The highest BCUT2D eigenvalue weighted by atomic mass is 15.1. The number of nitrogens with one attached hydrogen (secondary N) is 1. The van der Waals surface area contributed by atoms with Crippen molar-refractivity contribution in [2.45, 2.75) is 65.1 Å². The first-order chi connectivity index (χ1) is 8.29. The van der Waals surface area contributed by atoms with Crippen molar-refractivity contribution in [1.29, 1.82) is 0 Å². The molecule has 0 aromatic carbocycles. The quantitative estimate of drug-likeness (QED) is 0.850. The van der Waals surface area contributed by atoms with Crippen LogP contribution in [0.1, 0.15) is 51.8 Å². The van der Waals surface area contributed by atoms with Crippen LogP contribution in [0.15, 0.2) is 12.4 Å². The molecule has 1 N–H and O–H groups in total. The molecule has 0 aliphatic heterocycles. The predicted molar refractivity (Wildman–Crippen MR) is 70.8 cm³/mol. The maximum absolute atomic E-state index is 4.43. The van der Waals surface area contributed by atoms with Crippen molar-refractivity contribution in [3.05, 3.63) is 18.2 Å². The minimum atomic E-state index is 0.706. The van der Waals surface area contributed by atoms with Gasteiger partial charge in [0.15, 0.2) is 0 Å². The molecule has 0 atom stereocenters. The van der Waals surface area contributed by atoms with E-state index in [0.717, 1.165) is 19.0 Å². The van der Waals surface area contributed by atoms with E-state index in [9.17, 15) is 0 Å². The van der Waals surface area contributed by atoms with E-state index in [2.05, 4.69) is 34.9 Å². The van der Waals surface area contributed by atoms with Gasteiger partial charge in [-0.2, -0.15) is 0 Å². The van der Waals surface area contributed by atoms with Crippen LogP contribution in [0.4, 0.5) is 0 Å². The lowest BCUT2D eigenvalue weighted by atomic mass is 9.87. The summed E-state index contributed by atoms with van der Waals surface area (Å²) < 4.78 is 2.26. The van der Waals surface area contributed by atoms with Crippen molar-refractivity contribution in [2.75, 3.05) is 0 Å². The molecule has 0 bridgehead atoms. The van der Waals surface area contributed by atoms with Crippen LogP contribution in [-0.4, -0.2) is 15.6 Å². The van der Waals surface area contributed by atoms with Gasteiger partial charge in [-0.25, -0.2) is 4.98 Å². The Kier molecular flexibility index (Phi) is 4.60. The van der Waals surface area contributed by atoms with E-state index in [0.29, 0.717) is 6.04 Å². The van der Waals surface area contributed by atoms with Gasteiger partial charge in [0.25, 0.3) is 0 Å². The highest BCUT2D eigenvalue weighted by Crippen LogP contribution is 2.23. The van der Waals surface area contributed by atoms with Gasteiger partial charge in [-0.1, -0.05) is 13.8 Å². The molecule has 1 fully saturated rings. The average molecular weight is 235 g/mol. The smallest absolute Gasteiger partial charge is 0.122 e. The van der Waals surface area contributed by atoms with Gasteiger partial charge in [0.05, 0.1) is 6.54 Å².